The van der Waals surface area contributed by atoms with Gasteiger partial charge >= 0.3 is 5.97 Å². The number of rotatable bonds is 10. The molecule has 2 aromatic heterocycles. The lowest BCUT2D eigenvalue weighted by Crippen LogP contribution is -2.57. The molecule has 0 spiro atoms. The highest BCUT2D eigenvalue weighted by Gasteiger charge is 2.42. The topological polar surface area (TPSA) is 198 Å². The maximum absolute atomic E-state index is 13.7. The Labute approximate surface area is 213 Å². The minimum Gasteiger partial charge on any atom is -0.469 e. The van der Waals surface area contributed by atoms with E-state index >= 15 is 0 Å². The monoisotopic (exact) mass is 523 g/mol. The number of carbonyl (C=O) groups is 4. The van der Waals surface area contributed by atoms with Crippen LogP contribution in [0.25, 0.3) is 0 Å². The Morgan fingerprint density at radius 1 is 1.31 bits per heavy atom. The quantitative estimate of drug-likeness (QED) is 0.280. The van der Waals surface area contributed by atoms with Crippen LogP contribution in [0.1, 0.15) is 38.1 Å². The van der Waals surface area contributed by atoms with Crippen molar-refractivity contribution < 1.29 is 23.9 Å². The van der Waals surface area contributed by atoms with Gasteiger partial charge in [-0.05, 0) is 24.0 Å². The Kier molecular flexibility index (Phi) is 10.2. The van der Waals surface area contributed by atoms with Crippen LogP contribution in [0.4, 0.5) is 5.82 Å². The molecule has 2 aromatic rings. The molecule has 3 atom stereocenters. The Morgan fingerprint density at radius 2 is 2.06 bits per heavy atom. The molecule has 0 fully saturated rings. The van der Waals surface area contributed by atoms with Crippen LogP contribution in [0.3, 0.4) is 0 Å². The first-order chi connectivity index (χ1) is 16.7. The number of hydrogen-bond acceptors (Lipinski definition) is 10. The van der Waals surface area contributed by atoms with Gasteiger partial charge in [0.15, 0.2) is 5.82 Å². The maximum Gasteiger partial charge on any atom is 0.305 e. The van der Waals surface area contributed by atoms with Gasteiger partial charge in [0.1, 0.15) is 17.9 Å². The van der Waals surface area contributed by atoms with Crippen LogP contribution in [0.2, 0.25) is 0 Å². The molecule has 0 aromatic carbocycles. The van der Waals surface area contributed by atoms with Gasteiger partial charge in [-0.1, -0.05) is 25.1 Å². The van der Waals surface area contributed by atoms with E-state index in [0.717, 1.165) is 0 Å². The van der Waals surface area contributed by atoms with Gasteiger partial charge in [-0.15, -0.1) is 22.6 Å². The van der Waals surface area contributed by atoms with Gasteiger partial charge in [-0.2, -0.15) is 5.21 Å². The standard InChI is InChI=1S/C21H29N9O5.ClH/c1-11(2)17(22)20(33)25-13(6-7-16(31)35-3)21(34)30-14(9-12-5-4-8-23-18(12)30)19(32)24-10-15-26-28-29-27-15;/h4-5,8,11,13-14,17H,6-7,9-10,22H2,1-3H3,(H,24,32)(H,25,33)(H,26,27,28,29);1H. The Balaban J connectivity index is 0.00000456. The molecule has 0 bridgehead atoms. The number of tetrazole rings is 1. The van der Waals surface area contributed by atoms with Gasteiger partial charge in [-0.25, -0.2) is 4.98 Å². The molecule has 0 aliphatic carbocycles. The average Bonchev–Trinajstić information content (AvgIpc) is 3.51. The number of aromatic amines is 1. The third kappa shape index (κ3) is 6.73. The number of ether oxygens (including phenoxy) is 1. The average molecular weight is 524 g/mol. The molecule has 0 radical (unpaired) electrons. The van der Waals surface area contributed by atoms with Crippen LogP contribution in [-0.2, 0) is 36.9 Å². The van der Waals surface area contributed by atoms with Crippen molar-refractivity contribution in [3.8, 4) is 0 Å². The fourth-order valence-electron chi connectivity index (χ4n) is 3.62. The van der Waals surface area contributed by atoms with E-state index in [9.17, 15) is 19.2 Å². The van der Waals surface area contributed by atoms with Gasteiger partial charge in [0.05, 0.1) is 19.7 Å². The molecule has 14 nitrogen and oxygen atoms in total. The van der Waals surface area contributed by atoms with Gasteiger partial charge < -0.3 is 21.1 Å². The number of esters is 1. The number of nitrogens with one attached hydrogen (secondary N) is 3. The smallest absolute Gasteiger partial charge is 0.305 e. The summed E-state index contributed by atoms with van der Waals surface area (Å²) in [7, 11) is 1.23. The number of anilines is 1. The van der Waals surface area contributed by atoms with E-state index in [-0.39, 0.29) is 50.0 Å². The molecule has 3 amide bonds. The third-order valence-electron chi connectivity index (χ3n) is 5.67. The highest BCUT2D eigenvalue weighted by atomic mass is 35.5. The van der Waals surface area contributed by atoms with Crippen molar-refractivity contribution >= 4 is 41.9 Å². The van der Waals surface area contributed by atoms with E-state index in [1.165, 1.54) is 18.2 Å². The first-order valence-corrected chi connectivity index (χ1v) is 11.1. The first kappa shape index (κ1) is 28.6. The molecule has 3 heterocycles. The fraction of sp³-hybridized carbons (Fsp3) is 0.524. The first-order valence-electron chi connectivity index (χ1n) is 11.1. The lowest BCUT2D eigenvalue weighted by atomic mass is 10.0. The van der Waals surface area contributed by atoms with E-state index < -0.39 is 41.8 Å². The summed E-state index contributed by atoms with van der Waals surface area (Å²) in [6.45, 7) is 3.56. The van der Waals surface area contributed by atoms with Gasteiger partial charge in [-0.3, -0.25) is 24.1 Å². The zero-order valence-electron chi connectivity index (χ0n) is 20.1. The van der Waals surface area contributed by atoms with Crippen molar-refractivity contribution in [1.82, 2.24) is 36.2 Å². The molecule has 0 saturated heterocycles. The van der Waals surface area contributed by atoms with E-state index in [2.05, 4.69) is 41.0 Å². The molecule has 5 N–H and O–H groups in total. The van der Waals surface area contributed by atoms with Crippen molar-refractivity contribution in [1.29, 1.82) is 0 Å². The summed E-state index contributed by atoms with van der Waals surface area (Å²) in [6, 6.07) is 0.550. The third-order valence-corrected chi connectivity index (χ3v) is 5.67. The van der Waals surface area contributed by atoms with Crippen LogP contribution in [0, 0.1) is 5.92 Å². The van der Waals surface area contributed by atoms with Gasteiger partial charge in [0, 0.05) is 19.0 Å². The molecule has 1 aliphatic rings. The second-order valence-corrected chi connectivity index (χ2v) is 8.41. The van der Waals surface area contributed by atoms with E-state index in [4.69, 9.17) is 5.73 Å². The summed E-state index contributed by atoms with van der Waals surface area (Å²) in [5.41, 5.74) is 6.65. The SMILES string of the molecule is COC(=O)CCC(NC(=O)C(N)C(C)C)C(=O)N1c2ncccc2CC1C(=O)NCc1nn[nH]n1.Cl. The summed E-state index contributed by atoms with van der Waals surface area (Å²) in [4.78, 5) is 56.8. The zero-order valence-corrected chi connectivity index (χ0v) is 20.9. The molecular weight excluding hydrogens is 494 g/mol. The summed E-state index contributed by atoms with van der Waals surface area (Å²) in [5, 5.41) is 18.7. The molecule has 1 aliphatic heterocycles. The van der Waals surface area contributed by atoms with Crippen molar-refractivity contribution in [2.75, 3.05) is 12.0 Å². The molecule has 196 valence electrons. The molecular formula is C21H30ClN9O5. The molecule has 36 heavy (non-hydrogen) atoms. The lowest BCUT2D eigenvalue weighted by molar-refractivity contribution is -0.141. The second-order valence-electron chi connectivity index (χ2n) is 8.41. The maximum atomic E-state index is 13.7. The Hall–Kier alpha value is -3.65. The largest absolute Gasteiger partial charge is 0.469 e. The summed E-state index contributed by atoms with van der Waals surface area (Å²) >= 11 is 0. The van der Waals surface area contributed by atoms with Crippen molar-refractivity contribution in [3.63, 3.8) is 0 Å². The van der Waals surface area contributed by atoms with Crippen molar-refractivity contribution in [3.05, 3.63) is 29.7 Å². The Morgan fingerprint density at radius 3 is 2.69 bits per heavy atom. The van der Waals surface area contributed by atoms with Crippen molar-refractivity contribution in [2.45, 2.75) is 57.8 Å². The normalized spacial score (nSPS) is 15.9. The molecule has 3 rings (SSSR count). The summed E-state index contributed by atoms with van der Waals surface area (Å²) in [6.07, 6.45) is 1.56. The van der Waals surface area contributed by atoms with E-state index in [1.54, 1.807) is 26.0 Å². The van der Waals surface area contributed by atoms with Gasteiger partial charge in [0.2, 0.25) is 11.8 Å². The number of pyridine rings is 1. The van der Waals surface area contributed by atoms with E-state index in [1.807, 2.05) is 0 Å². The highest BCUT2D eigenvalue weighted by molar-refractivity contribution is 6.06. The van der Waals surface area contributed by atoms with Gasteiger partial charge in [0.25, 0.3) is 5.91 Å². The number of H-pyrrole nitrogens is 1. The van der Waals surface area contributed by atoms with E-state index in [0.29, 0.717) is 11.4 Å². The molecule has 15 heteroatoms. The fourth-order valence-corrected chi connectivity index (χ4v) is 3.62. The van der Waals surface area contributed by atoms with Crippen LogP contribution in [0.15, 0.2) is 18.3 Å². The number of halogens is 1. The number of aromatic nitrogens is 5. The Bertz CT molecular complexity index is 1070. The predicted molar refractivity (Wildman–Crippen MR) is 128 cm³/mol. The number of fused-ring (bicyclic) bond motifs is 1. The number of nitrogens with zero attached hydrogens (tertiary/aromatic N) is 5. The van der Waals surface area contributed by atoms with Crippen LogP contribution in [0.5, 0.6) is 0 Å². The predicted octanol–water partition coefficient (Wildman–Crippen LogP) is -0.988. The number of hydrogen-bond donors (Lipinski definition) is 4. The molecule has 0 saturated carbocycles. The minimum atomic E-state index is -1.13. The number of nitrogens with two attached hydrogens (primary N) is 1. The summed E-state index contributed by atoms with van der Waals surface area (Å²) < 4.78 is 4.68. The number of methoxy groups -OCH3 is 1. The van der Waals surface area contributed by atoms with Crippen LogP contribution < -0.4 is 21.3 Å². The lowest BCUT2D eigenvalue weighted by Gasteiger charge is -2.29. The number of carbonyl (C=O) groups excluding carboxylic acids is 4. The number of amides is 3. The summed E-state index contributed by atoms with van der Waals surface area (Å²) in [5.74, 6) is -1.72. The van der Waals surface area contributed by atoms with Crippen LogP contribution in [-0.4, -0.2) is 74.5 Å². The molecule has 3 unspecified atom stereocenters. The van der Waals surface area contributed by atoms with Crippen molar-refractivity contribution in [2.24, 2.45) is 11.7 Å². The van der Waals surface area contributed by atoms with Crippen LogP contribution >= 0.6 is 12.4 Å². The second kappa shape index (κ2) is 12.9. The minimum absolute atomic E-state index is 0. The highest BCUT2D eigenvalue weighted by Crippen LogP contribution is 2.31. The zero-order chi connectivity index (χ0) is 25.5.